The van der Waals surface area contributed by atoms with Crippen molar-refractivity contribution in [2.24, 2.45) is 0 Å². The van der Waals surface area contributed by atoms with Crippen LogP contribution in [0.2, 0.25) is 0 Å². The van der Waals surface area contributed by atoms with Crippen molar-refractivity contribution in [3.8, 4) is 78.4 Å². The van der Waals surface area contributed by atoms with E-state index in [1.165, 1.54) is 154 Å². The third kappa shape index (κ3) is 7.28. The minimum Gasteiger partial charge on any atom is -0.309 e. The monoisotopic (exact) mass is 1200 g/mol. The number of hydrogen-bond donors (Lipinski definition) is 0. The Hall–Kier alpha value is -11.7. The SMILES string of the molecule is CC1(C)c2ccccc2-c2cc3c(cc21)c1ccccc1n3-c1cccc(-c2cccc3c4ccc(-c5cccc6c5c5cc7c(cc5n6-c5ccc(-c6cccc8c9ccccc9n(-c9ccccc9)c68)cc5)-c5ccccc5C7(C)C)cc4n(-c4ccccc4)c23)c1. The van der Waals surface area contributed by atoms with Gasteiger partial charge in [-0.05, 0) is 164 Å². The van der Waals surface area contributed by atoms with Crippen molar-refractivity contribution in [1.29, 1.82) is 0 Å². The van der Waals surface area contributed by atoms with E-state index in [9.17, 15) is 0 Å². The molecule has 94 heavy (non-hydrogen) atoms. The standard InChI is InChI=1S/C90H62N4/c1-89(2)76-38-15-11-29-65(76)72-53-84-74(51-78(72)89)68-32-14-17-40-80(68)92(84)61-28-19-23-56(49-61)64-35-21-37-71-69-48-45-57(50-83(69)94(88(64)71)59-26-9-6-10-27-59)62-33-22-42-82-86(62)75-52-79-73(66-30-12-16-39-77(66)90(79,3)4)54-85(75)91(82)60-46-43-55(44-47-60)63-34-20-36-70-67-31-13-18-41-81(67)93(87(63)70)58-24-7-5-8-25-58/h5-54H,1-4H3. The number of nitrogens with zero attached hydrogens (tertiary/aromatic N) is 4. The van der Waals surface area contributed by atoms with E-state index in [0.717, 1.165) is 33.8 Å². The van der Waals surface area contributed by atoms with Crippen molar-refractivity contribution < 1.29 is 0 Å². The molecule has 0 saturated carbocycles. The molecule has 0 aliphatic heterocycles. The van der Waals surface area contributed by atoms with Crippen molar-refractivity contribution in [2.45, 2.75) is 38.5 Å². The van der Waals surface area contributed by atoms with E-state index in [4.69, 9.17) is 0 Å². The zero-order chi connectivity index (χ0) is 62.3. The molecule has 0 amide bonds. The Kier molecular flexibility index (Phi) is 10.9. The second kappa shape index (κ2) is 19.4. The van der Waals surface area contributed by atoms with E-state index >= 15 is 0 Å². The highest BCUT2D eigenvalue weighted by Crippen LogP contribution is 2.54. The summed E-state index contributed by atoms with van der Waals surface area (Å²) in [6, 6.07) is 114. The topological polar surface area (TPSA) is 19.7 Å². The average Bonchev–Trinajstić information content (AvgIpc) is 1.56. The highest BCUT2D eigenvalue weighted by atomic mass is 15.0. The van der Waals surface area contributed by atoms with Crippen LogP contribution < -0.4 is 0 Å². The first-order chi connectivity index (χ1) is 46.2. The highest BCUT2D eigenvalue weighted by molar-refractivity contribution is 6.20. The van der Waals surface area contributed by atoms with Crippen LogP contribution in [0.25, 0.3) is 166 Å². The van der Waals surface area contributed by atoms with Gasteiger partial charge in [0.05, 0.1) is 44.1 Å². The molecule has 4 nitrogen and oxygen atoms in total. The Morgan fingerprint density at radius 1 is 0.202 bits per heavy atom. The van der Waals surface area contributed by atoms with Crippen LogP contribution in [-0.4, -0.2) is 18.3 Å². The maximum atomic E-state index is 2.54. The van der Waals surface area contributed by atoms with Crippen LogP contribution in [-0.2, 0) is 10.8 Å². The molecule has 0 atom stereocenters. The lowest BCUT2D eigenvalue weighted by Crippen LogP contribution is -2.14. The first kappa shape index (κ1) is 53.0. The molecule has 4 heterocycles. The van der Waals surface area contributed by atoms with E-state index in [2.05, 4.69) is 349 Å². The number of para-hydroxylation sites is 6. The van der Waals surface area contributed by atoms with Crippen LogP contribution in [0.5, 0.6) is 0 Å². The van der Waals surface area contributed by atoms with Gasteiger partial charge in [-0.1, -0.05) is 234 Å². The second-order valence-electron chi connectivity index (χ2n) is 27.2. The van der Waals surface area contributed by atoms with Crippen molar-refractivity contribution in [3.63, 3.8) is 0 Å². The molecular formula is C90H62N4. The van der Waals surface area contributed by atoms with Gasteiger partial charge in [-0.15, -0.1) is 0 Å². The number of rotatable bonds is 7. The fourth-order valence-electron chi connectivity index (χ4n) is 17.2. The normalized spacial score (nSPS) is 13.7. The maximum Gasteiger partial charge on any atom is 0.0619 e. The molecule has 14 aromatic carbocycles. The van der Waals surface area contributed by atoms with Crippen molar-refractivity contribution >= 4 is 87.2 Å². The van der Waals surface area contributed by atoms with E-state index in [0.29, 0.717) is 0 Å². The quantitative estimate of drug-likeness (QED) is 0.152. The van der Waals surface area contributed by atoms with Gasteiger partial charge in [0.25, 0.3) is 0 Å². The first-order valence-electron chi connectivity index (χ1n) is 33.0. The summed E-state index contributed by atoms with van der Waals surface area (Å²) in [5, 5.41) is 9.97. The minimum absolute atomic E-state index is 0.0978. The fourth-order valence-corrected chi connectivity index (χ4v) is 17.2. The third-order valence-electron chi connectivity index (χ3n) is 21.5. The summed E-state index contributed by atoms with van der Waals surface area (Å²) in [7, 11) is 0. The Bertz CT molecular complexity index is 6260. The molecule has 0 unspecified atom stereocenters. The van der Waals surface area contributed by atoms with Crippen molar-refractivity contribution in [1.82, 2.24) is 18.3 Å². The molecule has 4 heteroatoms. The Balaban J connectivity index is 0.775. The number of hydrogen-bond acceptors (Lipinski definition) is 0. The van der Waals surface area contributed by atoms with Gasteiger partial charge < -0.3 is 18.3 Å². The van der Waals surface area contributed by atoms with Gasteiger partial charge in [-0.2, -0.15) is 0 Å². The predicted molar refractivity (Wildman–Crippen MR) is 395 cm³/mol. The van der Waals surface area contributed by atoms with Gasteiger partial charge in [-0.25, -0.2) is 0 Å². The fraction of sp³-hybridized carbons (Fsp3) is 0.0667. The number of fused-ring (bicyclic) bond motifs is 18. The van der Waals surface area contributed by atoms with Gasteiger partial charge in [0.2, 0.25) is 0 Å². The maximum absolute atomic E-state index is 2.54. The molecule has 0 radical (unpaired) electrons. The highest BCUT2D eigenvalue weighted by Gasteiger charge is 2.38. The van der Waals surface area contributed by atoms with Crippen LogP contribution in [0.15, 0.2) is 303 Å². The Labute approximate surface area is 544 Å². The van der Waals surface area contributed by atoms with Gasteiger partial charge in [0, 0.05) is 87.8 Å². The lowest BCUT2D eigenvalue weighted by Gasteiger charge is -2.21. The van der Waals surface area contributed by atoms with Crippen LogP contribution >= 0.6 is 0 Å². The lowest BCUT2D eigenvalue weighted by atomic mass is 9.82. The van der Waals surface area contributed by atoms with Gasteiger partial charge in [0.1, 0.15) is 0 Å². The average molecular weight is 1200 g/mol. The molecule has 442 valence electrons. The largest absolute Gasteiger partial charge is 0.309 e. The summed E-state index contributed by atoms with van der Waals surface area (Å²) in [5.74, 6) is 0. The zero-order valence-corrected chi connectivity index (χ0v) is 52.7. The molecule has 20 rings (SSSR count). The van der Waals surface area contributed by atoms with Gasteiger partial charge in [0.15, 0.2) is 0 Å². The predicted octanol–water partition coefficient (Wildman–Crippen LogP) is 23.7. The minimum atomic E-state index is -0.186. The molecule has 18 aromatic rings. The van der Waals surface area contributed by atoms with Crippen molar-refractivity contribution in [2.75, 3.05) is 0 Å². The van der Waals surface area contributed by atoms with Crippen LogP contribution in [0.1, 0.15) is 49.9 Å². The second-order valence-corrected chi connectivity index (χ2v) is 27.2. The summed E-state index contributed by atoms with van der Waals surface area (Å²) in [6.07, 6.45) is 0. The van der Waals surface area contributed by atoms with Gasteiger partial charge in [-0.3, -0.25) is 0 Å². The van der Waals surface area contributed by atoms with Crippen LogP contribution in [0, 0.1) is 0 Å². The summed E-state index contributed by atoms with van der Waals surface area (Å²) >= 11 is 0. The smallest absolute Gasteiger partial charge is 0.0619 e. The van der Waals surface area contributed by atoms with Crippen LogP contribution in [0.3, 0.4) is 0 Å². The number of benzene rings is 14. The Morgan fingerprint density at radius 3 is 1.26 bits per heavy atom. The number of aromatic nitrogens is 4. The summed E-state index contributed by atoms with van der Waals surface area (Å²) in [4.78, 5) is 0. The van der Waals surface area contributed by atoms with E-state index < -0.39 is 0 Å². The molecule has 0 N–H and O–H groups in total. The Morgan fingerprint density at radius 2 is 0.606 bits per heavy atom. The molecule has 2 aliphatic carbocycles. The molecule has 0 fully saturated rings. The molecule has 4 aromatic heterocycles. The molecular weight excluding hydrogens is 1140 g/mol. The van der Waals surface area contributed by atoms with E-state index in [1.807, 2.05) is 0 Å². The van der Waals surface area contributed by atoms with E-state index in [-0.39, 0.29) is 10.8 Å². The van der Waals surface area contributed by atoms with Gasteiger partial charge >= 0.3 is 0 Å². The molecule has 0 bridgehead atoms. The van der Waals surface area contributed by atoms with Crippen molar-refractivity contribution in [3.05, 3.63) is 326 Å². The molecule has 0 spiro atoms. The third-order valence-corrected chi connectivity index (χ3v) is 21.5. The molecule has 2 aliphatic rings. The first-order valence-corrected chi connectivity index (χ1v) is 33.0. The summed E-state index contributed by atoms with van der Waals surface area (Å²) in [6.45, 7) is 9.55. The summed E-state index contributed by atoms with van der Waals surface area (Å²) in [5.41, 5.74) is 31.7. The van der Waals surface area contributed by atoms with E-state index in [1.54, 1.807) is 0 Å². The van der Waals surface area contributed by atoms with Crippen LogP contribution in [0.4, 0.5) is 0 Å². The molecule has 0 saturated heterocycles. The lowest BCUT2D eigenvalue weighted by molar-refractivity contribution is 0.661. The summed E-state index contributed by atoms with van der Waals surface area (Å²) < 4.78 is 9.99. The zero-order valence-electron chi connectivity index (χ0n) is 52.7.